The van der Waals surface area contributed by atoms with E-state index in [1.165, 1.54) is 11.1 Å². The Bertz CT molecular complexity index is 755. The van der Waals surface area contributed by atoms with Crippen molar-refractivity contribution in [3.63, 3.8) is 0 Å². The van der Waals surface area contributed by atoms with Gasteiger partial charge in [-0.3, -0.25) is 9.69 Å². The summed E-state index contributed by atoms with van der Waals surface area (Å²) in [5.74, 6) is 0.755. The number of benzene rings is 2. The lowest BCUT2D eigenvalue weighted by Crippen LogP contribution is -2.48. The lowest BCUT2D eigenvalue weighted by molar-refractivity contribution is 0.0627. The van der Waals surface area contributed by atoms with Crippen LogP contribution in [0.15, 0.2) is 46.9 Å². The van der Waals surface area contributed by atoms with Crippen molar-refractivity contribution in [2.75, 3.05) is 33.3 Å². The number of methoxy groups -OCH3 is 1. The van der Waals surface area contributed by atoms with Crippen molar-refractivity contribution >= 4 is 21.8 Å². The molecule has 2 aromatic rings. The molecular formula is C20H23BrN2O2. The lowest BCUT2D eigenvalue weighted by Gasteiger charge is -2.35. The monoisotopic (exact) mass is 402 g/mol. The molecule has 0 radical (unpaired) electrons. The first kappa shape index (κ1) is 18.0. The number of carbonyl (C=O) groups excluding carboxylic acids is 1. The SMILES string of the molecule is COc1ccc(Br)c(C(=O)N2CCN(Cc3cccc(C)c3)CC2)c1. The maximum atomic E-state index is 12.8. The average molecular weight is 403 g/mol. The van der Waals surface area contributed by atoms with Crippen LogP contribution in [0.1, 0.15) is 21.5 Å². The van der Waals surface area contributed by atoms with Crippen molar-refractivity contribution in [2.24, 2.45) is 0 Å². The summed E-state index contributed by atoms with van der Waals surface area (Å²) in [5.41, 5.74) is 3.27. The number of carbonyl (C=O) groups is 1. The summed E-state index contributed by atoms with van der Waals surface area (Å²) in [4.78, 5) is 17.1. The smallest absolute Gasteiger partial charge is 0.255 e. The van der Waals surface area contributed by atoms with Gasteiger partial charge < -0.3 is 9.64 Å². The molecule has 0 bridgehead atoms. The number of hydrogen-bond donors (Lipinski definition) is 0. The molecule has 1 heterocycles. The minimum Gasteiger partial charge on any atom is -0.497 e. The summed E-state index contributed by atoms with van der Waals surface area (Å²) in [5, 5.41) is 0. The van der Waals surface area contributed by atoms with Crippen LogP contribution in [0.25, 0.3) is 0 Å². The van der Waals surface area contributed by atoms with Crippen LogP contribution in [0.5, 0.6) is 5.75 Å². The molecule has 1 saturated heterocycles. The van der Waals surface area contributed by atoms with Gasteiger partial charge in [-0.2, -0.15) is 0 Å². The van der Waals surface area contributed by atoms with E-state index in [2.05, 4.69) is 52.0 Å². The predicted octanol–water partition coefficient (Wildman–Crippen LogP) is 3.72. The molecule has 2 aromatic carbocycles. The fourth-order valence-corrected chi connectivity index (χ4v) is 3.56. The van der Waals surface area contributed by atoms with Gasteiger partial charge in [0.05, 0.1) is 12.7 Å². The van der Waals surface area contributed by atoms with Gasteiger partial charge in [0.15, 0.2) is 0 Å². The van der Waals surface area contributed by atoms with E-state index in [-0.39, 0.29) is 5.91 Å². The third-order valence-electron chi connectivity index (χ3n) is 4.55. The molecule has 0 unspecified atom stereocenters. The second-order valence-electron chi connectivity index (χ2n) is 6.40. The summed E-state index contributed by atoms with van der Waals surface area (Å²) < 4.78 is 6.05. The Hall–Kier alpha value is -1.85. The minimum absolute atomic E-state index is 0.0565. The molecular weight excluding hydrogens is 380 g/mol. The van der Waals surface area contributed by atoms with Gasteiger partial charge in [0.25, 0.3) is 5.91 Å². The number of piperazine rings is 1. The highest BCUT2D eigenvalue weighted by Gasteiger charge is 2.23. The quantitative estimate of drug-likeness (QED) is 0.780. The van der Waals surface area contributed by atoms with Crippen LogP contribution >= 0.6 is 15.9 Å². The van der Waals surface area contributed by atoms with Gasteiger partial charge in [-0.25, -0.2) is 0 Å². The van der Waals surface area contributed by atoms with Gasteiger partial charge in [-0.05, 0) is 46.6 Å². The number of ether oxygens (including phenoxy) is 1. The third kappa shape index (κ3) is 4.41. The Kier molecular flexibility index (Phi) is 5.76. The summed E-state index contributed by atoms with van der Waals surface area (Å²) in [6.07, 6.45) is 0. The molecule has 1 fully saturated rings. The third-order valence-corrected chi connectivity index (χ3v) is 5.24. The molecule has 1 aliphatic heterocycles. The normalized spacial score (nSPS) is 15.2. The highest BCUT2D eigenvalue weighted by molar-refractivity contribution is 9.10. The Morgan fingerprint density at radius 2 is 1.88 bits per heavy atom. The van der Waals surface area contributed by atoms with Crippen molar-refractivity contribution < 1.29 is 9.53 Å². The number of hydrogen-bond acceptors (Lipinski definition) is 3. The Morgan fingerprint density at radius 3 is 2.56 bits per heavy atom. The molecule has 0 saturated carbocycles. The van der Waals surface area contributed by atoms with Crippen molar-refractivity contribution in [1.82, 2.24) is 9.80 Å². The molecule has 1 amide bonds. The van der Waals surface area contributed by atoms with E-state index in [0.717, 1.165) is 37.2 Å². The van der Waals surface area contributed by atoms with Gasteiger partial charge in [-0.1, -0.05) is 29.8 Å². The van der Waals surface area contributed by atoms with E-state index < -0.39 is 0 Å². The average Bonchev–Trinajstić information content (AvgIpc) is 2.62. The van der Waals surface area contributed by atoms with Gasteiger partial charge in [0, 0.05) is 37.2 Å². The van der Waals surface area contributed by atoms with Crippen molar-refractivity contribution in [3.05, 3.63) is 63.6 Å². The van der Waals surface area contributed by atoms with E-state index in [1.807, 2.05) is 17.0 Å². The fraction of sp³-hybridized carbons (Fsp3) is 0.350. The highest BCUT2D eigenvalue weighted by Crippen LogP contribution is 2.24. The van der Waals surface area contributed by atoms with Crippen molar-refractivity contribution in [2.45, 2.75) is 13.5 Å². The van der Waals surface area contributed by atoms with Gasteiger partial charge in [0.2, 0.25) is 0 Å². The molecule has 132 valence electrons. The van der Waals surface area contributed by atoms with Crippen LogP contribution in [0.2, 0.25) is 0 Å². The number of halogens is 1. The molecule has 25 heavy (non-hydrogen) atoms. The zero-order valence-corrected chi connectivity index (χ0v) is 16.3. The van der Waals surface area contributed by atoms with Gasteiger partial charge in [0.1, 0.15) is 5.75 Å². The van der Waals surface area contributed by atoms with Gasteiger partial charge >= 0.3 is 0 Å². The molecule has 0 aromatic heterocycles. The molecule has 3 rings (SSSR count). The minimum atomic E-state index is 0.0565. The van der Waals surface area contributed by atoms with Crippen LogP contribution in [0.4, 0.5) is 0 Å². The number of amides is 1. The van der Waals surface area contributed by atoms with Crippen LogP contribution in [0.3, 0.4) is 0 Å². The summed E-state index contributed by atoms with van der Waals surface area (Å²) in [7, 11) is 1.61. The van der Waals surface area contributed by atoms with Crippen molar-refractivity contribution in [1.29, 1.82) is 0 Å². The standard InChI is InChI=1S/C20H23BrN2O2/c1-15-4-3-5-16(12-15)14-22-8-10-23(11-9-22)20(24)18-13-17(25-2)6-7-19(18)21/h3-7,12-13H,8-11,14H2,1-2H3. The van der Waals surface area contributed by atoms with Crippen LogP contribution in [0, 0.1) is 6.92 Å². The van der Waals surface area contributed by atoms with Crippen LogP contribution in [-0.4, -0.2) is 49.0 Å². The highest BCUT2D eigenvalue weighted by atomic mass is 79.9. The molecule has 4 nitrogen and oxygen atoms in total. The molecule has 0 atom stereocenters. The lowest BCUT2D eigenvalue weighted by atomic mass is 10.1. The number of nitrogens with zero attached hydrogens (tertiary/aromatic N) is 2. The number of rotatable bonds is 4. The second-order valence-corrected chi connectivity index (χ2v) is 7.26. The van der Waals surface area contributed by atoms with Crippen LogP contribution < -0.4 is 4.74 Å². The number of aryl methyl sites for hydroxylation is 1. The second kappa shape index (κ2) is 8.02. The van der Waals surface area contributed by atoms with E-state index >= 15 is 0 Å². The summed E-state index contributed by atoms with van der Waals surface area (Å²) >= 11 is 3.48. The van der Waals surface area contributed by atoms with Crippen molar-refractivity contribution in [3.8, 4) is 5.75 Å². The molecule has 1 aliphatic rings. The molecule has 0 aliphatic carbocycles. The summed E-state index contributed by atoms with van der Waals surface area (Å²) in [6, 6.07) is 14.1. The first-order valence-electron chi connectivity index (χ1n) is 8.47. The van der Waals surface area contributed by atoms with E-state index in [0.29, 0.717) is 11.3 Å². The maximum absolute atomic E-state index is 12.8. The summed E-state index contributed by atoms with van der Waals surface area (Å²) in [6.45, 7) is 6.32. The topological polar surface area (TPSA) is 32.8 Å². The Morgan fingerprint density at radius 1 is 1.12 bits per heavy atom. The van der Waals surface area contributed by atoms with Crippen LogP contribution in [-0.2, 0) is 6.54 Å². The first-order valence-corrected chi connectivity index (χ1v) is 9.27. The van der Waals surface area contributed by atoms with E-state index in [9.17, 15) is 4.79 Å². The van der Waals surface area contributed by atoms with E-state index in [4.69, 9.17) is 4.74 Å². The Balaban J connectivity index is 1.61. The van der Waals surface area contributed by atoms with Gasteiger partial charge in [-0.15, -0.1) is 0 Å². The maximum Gasteiger partial charge on any atom is 0.255 e. The largest absolute Gasteiger partial charge is 0.497 e. The molecule has 0 spiro atoms. The molecule has 5 heteroatoms. The zero-order chi connectivity index (χ0) is 17.8. The Labute approximate surface area is 157 Å². The molecule has 0 N–H and O–H groups in total. The zero-order valence-electron chi connectivity index (χ0n) is 14.7. The van der Waals surface area contributed by atoms with E-state index in [1.54, 1.807) is 13.2 Å². The predicted molar refractivity (Wildman–Crippen MR) is 103 cm³/mol. The fourth-order valence-electron chi connectivity index (χ4n) is 3.14. The first-order chi connectivity index (χ1) is 12.1.